The molecule has 1 aromatic carbocycles. The number of hydrogen-bond acceptors (Lipinski definition) is 5. The minimum Gasteiger partial charge on any atom is -0.465 e. The maximum absolute atomic E-state index is 12.0. The van der Waals surface area contributed by atoms with Gasteiger partial charge in [0.05, 0.1) is 31.0 Å². The summed E-state index contributed by atoms with van der Waals surface area (Å²) in [5, 5.41) is 2.65. The van der Waals surface area contributed by atoms with E-state index in [1.807, 2.05) is 6.92 Å². The smallest absolute Gasteiger partial charge is 0.339 e. The Hall–Kier alpha value is -2.37. The number of anilines is 1. The lowest BCUT2D eigenvalue weighted by Crippen LogP contribution is -2.22. The fourth-order valence-electron chi connectivity index (χ4n) is 1.62. The van der Waals surface area contributed by atoms with Gasteiger partial charge in [0.25, 0.3) is 0 Å². The molecule has 1 amide bonds. The second-order valence-electron chi connectivity index (χ2n) is 4.54. The Bertz CT molecular complexity index is 553. The lowest BCUT2D eigenvalue weighted by atomic mass is 10.1. The maximum Gasteiger partial charge on any atom is 0.339 e. The third kappa shape index (κ3) is 4.05. The lowest BCUT2D eigenvalue weighted by molar-refractivity contribution is -0.119. The van der Waals surface area contributed by atoms with E-state index < -0.39 is 11.9 Å². The summed E-state index contributed by atoms with van der Waals surface area (Å²) in [6.45, 7) is 3.66. The van der Waals surface area contributed by atoms with E-state index in [-0.39, 0.29) is 28.6 Å². The van der Waals surface area contributed by atoms with Crippen molar-refractivity contribution >= 4 is 23.5 Å². The van der Waals surface area contributed by atoms with Crippen molar-refractivity contribution in [2.45, 2.75) is 20.3 Å². The zero-order chi connectivity index (χ0) is 16.0. The molecule has 0 aliphatic rings. The topological polar surface area (TPSA) is 81.7 Å². The number of rotatable bonds is 5. The fraction of sp³-hybridized carbons (Fsp3) is 0.400. The monoisotopic (exact) mass is 293 g/mol. The van der Waals surface area contributed by atoms with Crippen molar-refractivity contribution in [1.29, 1.82) is 0 Å². The van der Waals surface area contributed by atoms with E-state index in [2.05, 4.69) is 14.8 Å². The van der Waals surface area contributed by atoms with Crippen LogP contribution in [-0.2, 0) is 14.3 Å². The van der Waals surface area contributed by atoms with Crippen LogP contribution in [0.5, 0.6) is 0 Å². The second kappa shape index (κ2) is 7.42. The van der Waals surface area contributed by atoms with Crippen molar-refractivity contribution < 1.29 is 23.9 Å². The third-order valence-electron chi connectivity index (χ3n) is 3.16. The van der Waals surface area contributed by atoms with E-state index in [4.69, 9.17) is 0 Å². The van der Waals surface area contributed by atoms with Gasteiger partial charge in [-0.25, -0.2) is 9.59 Å². The predicted octanol–water partition coefficient (Wildman–Crippen LogP) is 2.24. The first-order chi connectivity index (χ1) is 9.94. The number of carbonyl (C=O) groups is 3. The first kappa shape index (κ1) is 16.7. The summed E-state index contributed by atoms with van der Waals surface area (Å²) in [6, 6.07) is 4.26. The average molecular weight is 293 g/mol. The van der Waals surface area contributed by atoms with Gasteiger partial charge in [0, 0.05) is 5.92 Å². The van der Waals surface area contributed by atoms with Crippen molar-refractivity contribution in [3.8, 4) is 0 Å². The molecule has 0 aliphatic heterocycles. The molecule has 1 aromatic rings. The number of hydrogen-bond donors (Lipinski definition) is 1. The molecule has 0 saturated carbocycles. The highest BCUT2D eigenvalue weighted by molar-refractivity contribution is 6.03. The second-order valence-corrected chi connectivity index (χ2v) is 4.54. The van der Waals surface area contributed by atoms with E-state index in [0.29, 0.717) is 6.42 Å². The minimum atomic E-state index is -0.592. The molecule has 21 heavy (non-hydrogen) atoms. The Labute approximate surface area is 123 Å². The third-order valence-corrected chi connectivity index (χ3v) is 3.16. The maximum atomic E-state index is 12.0. The molecule has 1 atom stereocenters. The molecule has 0 bridgehead atoms. The van der Waals surface area contributed by atoms with Gasteiger partial charge in [-0.2, -0.15) is 0 Å². The molecule has 0 heterocycles. The Morgan fingerprint density at radius 3 is 2.29 bits per heavy atom. The van der Waals surface area contributed by atoms with E-state index in [9.17, 15) is 14.4 Å². The number of esters is 2. The highest BCUT2D eigenvalue weighted by Gasteiger charge is 2.19. The molecule has 0 aromatic heterocycles. The van der Waals surface area contributed by atoms with Gasteiger partial charge in [-0.05, 0) is 24.6 Å². The number of carbonyl (C=O) groups excluding carboxylic acids is 3. The van der Waals surface area contributed by atoms with E-state index in [1.165, 1.54) is 32.4 Å². The van der Waals surface area contributed by atoms with Crippen molar-refractivity contribution in [3.63, 3.8) is 0 Å². The molecule has 0 radical (unpaired) electrons. The lowest BCUT2D eigenvalue weighted by Gasteiger charge is -2.14. The Balaban J connectivity index is 3.19. The van der Waals surface area contributed by atoms with Gasteiger partial charge >= 0.3 is 11.9 Å². The van der Waals surface area contributed by atoms with Crippen LogP contribution in [0.1, 0.15) is 41.0 Å². The van der Waals surface area contributed by atoms with Crippen LogP contribution < -0.4 is 5.32 Å². The molecule has 1 N–H and O–H groups in total. The van der Waals surface area contributed by atoms with Crippen LogP contribution in [-0.4, -0.2) is 32.1 Å². The highest BCUT2D eigenvalue weighted by Crippen LogP contribution is 2.21. The molecule has 1 rings (SSSR count). The van der Waals surface area contributed by atoms with Gasteiger partial charge in [-0.15, -0.1) is 0 Å². The number of amides is 1. The summed E-state index contributed by atoms with van der Waals surface area (Å²) in [4.78, 5) is 35.2. The molecule has 6 heteroatoms. The van der Waals surface area contributed by atoms with Crippen LogP contribution in [0.3, 0.4) is 0 Å². The molecule has 0 fully saturated rings. The van der Waals surface area contributed by atoms with E-state index in [0.717, 1.165) is 0 Å². The molecule has 0 saturated heterocycles. The summed E-state index contributed by atoms with van der Waals surface area (Å²) in [7, 11) is 2.50. The van der Waals surface area contributed by atoms with Gasteiger partial charge in [-0.3, -0.25) is 4.79 Å². The average Bonchev–Trinajstić information content (AvgIpc) is 2.52. The van der Waals surface area contributed by atoms with Crippen molar-refractivity contribution in [1.82, 2.24) is 0 Å². The van der Waals surface area contributed by atoms with Crippen molar-refractivity contribution in [2.24, 2.45) is 5.92 Å². The van der Waals surface area contributed by atoms with Gasteiger partial charge in [0.1, 0.15) is 0 Å². The van der Waals surface area contributed by atoms with Gasteiger partial charge in [0.2, 0.25) is 5.91 Å². The molecule has 0 spiro atoms. The number of ether oxygens (including phenoxy) is 2. The quantitative estimate of drug-likeness (QED) is 0.842. The Kier molecular flexibility index (Phi) is 5.90. The van der Waals surface area contributed by atoms with Crippen LogP contribution >= 0.6 is 0 Å². The SMILES string of the molecule is CC[C@H](C)C(=O)Nc1cc(C(=O)OC)ccc1C(=O)OC. The largest absolute Gasteiger partial charge is 0.465 e. The van der Waals surface area contributed by atoms with Crippen molar-refractivity contribution in [3.05, 3.63) is 29.3 Å². The van der Waals surface area contributed by atoms with Crippen LogP contribution in [0, 0.1) is 5.92 Å². The summed E-state index contributed by atoms with van der Waals surface area (Å²) in [5.74, 6) is -1.58. The summed E-state index contributed by atoms with van der Waals surface area (Å²) in [5.41, 5.74) is 0.654. The van der Waals surface area contributed by atoms with Crippen LogP contribution in [0.25, 0.3) is 0 Å². The summed E-state index contributed by atoms with van der Waals surface area (Å²) in [6.07, 6.45) is 0.663. The number of nitrogens with one attached hydrogen (secondary N) is 1. The minimum absolute atomic E-state index is 0.182. The highest BCUT2D eigenvalue weighted by atomic mass is 16.5. The predicted molar refractivity (Wildman–Crippen MR) is 77.2 cm³/mol. The standard InChI is InChI=1S/C15H19NO5/c1-5-9(2)13(17)16-12-8-10(14(18)20-3)6-7-11(12)15(19)21-4/h6-9H,5H2,1-4H3,(H,16,17)/t9-/m0/s1. The zero-order valence-corrected chi connectivity index (χ0v) is 12.6. The van der Waals surface area contributed by atoms with E-state index >= 15 is 0 Å². The van der Waals surface area contributed by atoms with Gasteiger partial charge in [-0.1, -0.05) is 13.8 Å². The van der Waals surface area contributed by atoms with E-state index in [1.54, 1.807) is 6.92 Å². The summed E-state index contributed by atoms with van der Waals surface area (Å²) >= 11 is 0. The van der Waals surface area contributed by atoms with Gasteiger partial charge in [0.15, 0.2) is 0 Å². The summed E-state index contributed by atoms with van der Waals surface area (Å²) < 4.78 is 9.29. The number of benzene rings is 1. The molecule has 6 nitrogen and oxygen atoms in total. The van der Waals surface area contributed by atoms with Crippen LogP contribution in [0.2, 0.25) is 0 Å². The first-order valence-electron chi connectivity index (χ1n) is 6.56. The normalized spacial score (nSPS) is 11.4. The Morgan fingerprint density at radius 2 is 1.76 bits per heavy atom. The molecule has 0 aliphatic carbocycles. The van der Waals surface area contributed by atoms with Gasteiger partial charge < -0.3 is 14.8 Å². The van der Waals surface area contributed by atoms with Crippen LogP contribution in [0.4, 0.5) is 5.69 Å². The molecule has 0 unspecified atom stereocenters. The molecular weight excluding hydrogens is 274 g/mol. The van der Waals surface area contributed by atoms with Crippen LogP contribution in [0.15, 0.2) is 18.2 Å². The molecular formula is C15H19NO5. The zero-order valence-electron chi connectivity index (χ0n) is 12.6. The first-order valence-corrected chi connectivity index (χ1v) is 6.56. The number of methoxy groups -OCH3 is 2. The molecule has 114 valence electrons. The van der Waals surface area contributed by atoms with Crippen molar-refractivity contribution in [2.75, 3.05) is 19.5 Å². The fourth-order valence-corrected chi connectivity index (χ4v) is 1.62. The Morgan fingerprint density at radius 1 is 1.14 bits per heavy atom.